The summed E-state index contributed by atoms with van der Waals surface area (Å²) in [7, 11) is 0. The van der Waals surface area contributed by atoms with Crippen LogP contribution >= 0.6 is 11.8 Å². The van der Waals surface area contributed by atoms with Gasteiger partial charge in [0.25, 0.3) is 0 Å². The van der Waals surface area contributed by atoms with Gasteiger partial charge < -0.3 is 25.0 Å². The second-order valence-electron chi connectivity index (χ2n) is 15.1. The number of ether oxygens (including phenoxy) is 2. The first kappa shape index (κ1) is 41.6. The number of nitrogens with one attached hydrogen (secondary N) is 2. The van der Waals surface area contributed by atoms with Gasteiger partial charge in [0.15, 0.2) is 0 Å². The number of thioether (sulfide) groups is 1. The summed E-state index contributed by atoms with van der Waals surface area (Å²) in [5.74, 6) is -0.514. The number of nitrogens with zero attached hydrogens (tertiary/aromatic N) is 1. The molecule has 0 radical (unpaired) electrons. The molecular weight excluding hydrogens is 639 g/mol. The minimum absolute atomic E-state index is 0.204. The molecule has 2 aromatic rings. The average Bonchev–Trinajstić information content (AvgIpc) is 2.98. The second-order valence-corrected chi connectivity index (χ2v) is 16.1. The van der Waals surface area contributed by atoms with Gasteiger partial charge >= 0.3 is 12.1 Å². The fourth-order valence-electron chi connectivity index (χ4n) is 5.38. The highest BCUT2D eigenvalue weighted by Crippen LogP contribution is 2.29. The zero-order valence-corrected chi connectivity index (χ0v) is 32.2. The van der Waals surface area contributed by atoms with Crippen LogP contribution in [0.1, 0.15) is 104 Å². The summed E-state index contributed by atoms with van der Waals surface area (Å²) < 4.78 is 11.3. The van der Waals surface area contributed by atoms with Crippen LogP contribution in [0.5, 0.6) is 0 Å². The molecule has 0 aromatic heterocycles. The van der Waals surface area contributed by atoms with Gasteiger partial charge in [0, 0.05) is 12.5 Å². The summed E-state index contributed by atoms with van der Waals surface area (Å²) in [6, 6.07) is 13.5. The minimum atomic E-state index is -1.10. The Balaban J connectivity index is 2.70. The van der Waals surface area contributed by atoms with Gasteiger partial charge in [-0.2, -0.15) is 11.8 Å². The number of rotatable bonds is 16. The van der Waals surface area contributed by atoms with Crippen LogP contribution in [0.2, 0.25) is 0 Å². The normalized spacial score (nSPS) is 14.3. The van der Waals surface area contributed by atoms with Gasteiger partial charge in [-0.1, -0.05) is 74.0 Å². The fourth-order valence-corrected chi connectivity index (χ4v) is 5.85. The Kier molecular flexibility index (Phi) is 16.2. The molecule has 3 amide bonds. The van der Waals surface area contributed by atoms with Crippen LogP contribution in [-0.2, 0) is 30.3 Å². The molecule has 4 atom stereocenters. The molecule has 0 fully saturated rings. The van der Waals surface area contributed by atoms with Crippen LogP contribution in [0.25, 0.3) is 0 Å². The molecule has 0 bridgehead atoms. The van der Waals surface area contributed by atoms with E-state index in [4.69, 9.17) is 9.47 Å². The number of esters is 1. The van der Waals surface area contributed by atoms with Crippen LogP contribution in [0.3, 0.4) is 0 Å². The maximum atomic E-state index is 14.8. The smallest absolute Gasteiger partial charge is 0.408 e. The van der Waals surface area contributed by atoms with E-state index in [-0.39, 0.29) is 6.42 Å². The van der Waals surface area contributed by atoms with E-state index >= 15 is 0 Å². The second kappa shape index (κ2) is 19.0. The van der Waals surface area contributed by atoms with Gasteiger partial charge in [0.05, 0.1) is 0 Å². The first-order chi connectivity index (χ1) is 22.8. The quantitative estimate of drug-likeness (QED) is 0.176. The van der Waals surface area contributed by atoms with Crippen LogP contribution < -0.4 is 10.6 Å². The molecule has 0 aliphatic carbocycles. The molecule has 10 heteroatoms. The van der Waals surface area contributed by atoms with E-state index in [2.05, 4.69) is 24.5 Å². The van der Waals surface area contributed by atoms with Crippen molar-refractivity contribution in [2.45, 2.75) is 130 Å². The molecule has 0 aliphatic heterocycles. The lowest BCUT2D eigenvalue weighted by Gasteiger charge is -2.39. The minimum Gasteiger partial charge on any atom is -0.458 e. The lowest BCUT2D eigenvalue weighted by molar-refractivity contribution is -0.159. The molecule has 9 nitrogen and oxygen atoms in total. The van der Waals surface area contributed by atoms with Crippen LogP contribution in [0.15, 0.2) is 54.6 Å². The highest BCUT2D eigenvalue weighted by Gasteiger charge is 2.40. The number of carbonyl (C=O) groups is 4. The third-order valence-corrected chi connectivity index (χ3v) is 8.31. The summed E-state index contributed by atoms with van der Waals surface area (Å²) in [6.45, 7) is 18.7. The van der Waals surface area contributed by atoms with Crippen molar-refractivity contribution >= 4 is 35.6 Å². The highest BCUT2D eigenvalue weighted by molar-refractivity contribution is 7.98. The van der Waals surface area contributed by atoms with E-state index < -0.39 is 59.2 Å². The Morgan fingerprint density at radius 2 is 1.43 bits per heavy atom. The molecule has 0 spiro atoms. The molecule has 0 saturated heterocycles. The van der Waals surface area contributed by atoms with Gasteiger partial charge in [-0.25, -0.2) is 9.59 Å². The Morgan fingerprint density at radius 3 is 1.98 bits per heavy atom. The third-order valence-electron chi connectivity index (χ3n) is 7.67. The van der Waals surface area contributed by atoms with Crippen molar-refractivity contribution in [2.24, 2.45) is 5.92 Å². The average molecular weight is 698 g/mol. The lowest BCUT2D eigenvalue weighted by atomic mass is 9.95. The maximum Gasteiger partial charge on any atom is 0.408 e. The van der Waals surface area contributed by atoms with E-state index in [1.54, 1.807) is 58.2 Å². The number of aryl methyl sites for hydroxylation is 1. The van der Waals surface area contributed by atoms with Gasteiger partial charge in [0.1, 0.15) is 29.3 Å². The number of amides is 3. The fraction of sp³-hybridized carbons (Fsp3) is 0.590. The molecule has 0 saturated carbocycles. The van der Waals surface area contributed by atoms with Crippen LogP contribution in [0, 0.1) is 12.8 Å². The van der Waals surface area contributed by atoms with E-state index in [9.17, 15) is 19.2 Å². The van der Waals surface area contributed by atoms with Gasteiger partial charge in [0.2, 0.25) is 11.8 Å². The highest BCUT2D eigenvalue weighted by atomic mass is 32.2. The number of hydrogen-bond acceptors (Lipinski definition) is 7. The van der Waals surface area contributed by atoms with Gasteiger partial charge in [-0.3, -0.25) is 9.59 Å². The zero-order chi connectivity index (χ0) is 36.9. The molecule has 2 N–H and O–H groups in total. The van der Waals surface area contributed by atoms with E-state index in [1.807, 2.05) is 74.7 Å². The van der Waals surface area contributed by atoms with Crippen molar-refractivity contribution in [1.82, 2.24) is 15.5 Å². The topological polar surface area (TPSA) is 114 Å². The Labute approximate surface area is 298 Å². The summed E-state index contributed by atoms with van der Waals surface area (Å²) in [4.78, 5) is 57.8. The first-order valence-corrected chi connectivity index (χ1v) is 18.6. The van der Waals surface area contributed by atoms with Crippen molar-refractivity contribution in [2.75, 3.05) is 12.0 Å². The Bertz CT molecular complexity index is 1370. The van der Waals surface area contributed by atoms with Crippen molar-refractivity contribution in [3.05, 3.63) is 71.3 Å². The zero-order valence-electron chi connectivity index (χ0n) is 31.4. The van der Waals surface area contributed by atoms with Crippen molar-refractivity contribution in [3.63, 3.8) is 0 Å². The van der Waals surface area contributed by atoms with E-state index in [0.29, 0.717) is 30.1 Å². The molecule has 0 heterocycles. The van der Waals surface area contributed by atoms with Crippen molar-refractivity contribution in [3.8, 4) is 0 Å². The largest absolute Gasteiger partial charge is 0.458 e. The maximum absolute atomic E-state index is 14.8. The van der Waals surface area contributed by atoms with Crippen LogP contribution in [0.4, 0.5) is 4.79 Å². The molecule has 0 aliphatic rings. The van der Waals surface area contributed by atoms with Crippen molar-refractivity contribution < 1.29 is 28.7 Å². The summed E-state index contributed by atoms with van der Waals surface area (Å²) in [5.41, 5.74) is 0.823. The van der Waals surface area contributed by atoms with Gasteiger partial charge in [-0.15, -0.1) is 0 Å². The van der Waals surface area contributed by atoms with Gasteiger partial charge in [-0.05, 0) is 104 Å². The lowest BCUT2D eigenvalue weighted by Crippen LogP contribution is -2.57. The molecule has 2 aromatic carbocycles. The molecular formula is C39H59N3O6S. The monoisotopic (exact) mass is 697 g/mol. The number of carbonyl (C=O) groups excluding carboxylic acids is 4. The molecule has 2 rings (SSSR count). The summed E-state index contributed by atoms with van der Waals surface area (Å²) in [5, 5.41) is 5.80. The Morgan fingerprint density at radius 1 is 0.796 bits per heavy atom. The molecule has 272 valence electrons. The van der Waals surface area contributed by atoms with E-state index in [1.165, 1.54) is 0 Å². The van der Waals surface area contributed by atoms with Crippen molar-refractivity contribution in [1.29, 1.82) is 0 Å². The number of alkyl carbamates (subject to hydrolysis) is 1. The Hall–Kier alpha value is -3.53. The van der Waals surface area contributed by atoms with Crippen LogP contribution in [-0.4, -0.2) is 70.1 Å². The molecule has 49 heavy (non-hydrogen) atoms. The predicted molar refractivity (Wildman–Crippen MR) is 198 cm³/mol. The standard InChI is InChI=1S/C39H59N3O6S/c1-26(2)20-21-28(4)42(35(44)31(22-23-49-11)41-37(46)48-39(8,9)10)33(30-19-15-16-27(3)24-30)34(43)40-32(36(45)47-38(5,6)7)25-29-17-13-12-14-18-29/h12-19,24,26,28,31-33H,20-23,25H2,1-11H3,(H,40,43)(H,41,46). The number of benzene rings is 2. The summed E-state index contributed by atoms with van der Waals surface area (Å²) in [6.07, 6.45) is 3.21. The van der Waals surface area contributed by atoms with E-state index in [0.717, 1.165) is 17.5 Å². The predicted octanol–water partition coefficient (Wildman–Crippen LogP) is 7.41. The summed E-state index contributed by atoms with van der Waals surface area (Å²) >= 11 is 1.56. The number of hydrogen-bond donors (Lipinski definition) is 2. The molecule has 4 unspecified atom stereocenters. The first-order valence-electron chi connectivity index (χ1n) is 17.3. The SMILES string of the molecule is CSCCC(NC(=O)OC(C)(C)C)C(=O)N(C(C)CCC(C)C)C(C(=O)NC(Cc1ccccc1)C(=O)OC(C)(C)C)c1cccc(C)c1. The third kappa shape index (κ3) is 14.9.